The Bertz CT molecular complexity index is 1510. The number of halogens is 2. The number of hydrogen-bond donors (Lipinski definition) is 3. The predicted octanol–water partition coefficient (Wildman–Crippen LogP) is 7.13. The van der Waals surface area contributed by atoms with Crippen LogP contribution in [-0.4, -0.2) is 23.5 Å². The van der Waals surface area contributed by atoms with Crippen molar-refractivity contribution in [2.45, 2.75) is 4.90 Å². The molecule has 9 heteroatoms. The molecule has 4 aromatic rings. The van der Waals surface area contributed by atoms with Gasteiger partial charge in [-0.2, -0.15) is 0 Å². The first kappa shape index (κ1) is 28.0. The Balaban J connectivity index is 1.41. The molecule has 0 spiro atoms. The zero-order valence-electron chi connectivity index (χ0n) is 20.5. The first-order valence-electron chi connectivity index (χ1n) is 11.8. The van der Waals surface area contributed by atoms with Gasteiger partial charge >= 0.3 is 0 Å². The topological polar surface area (TPSA) is 87.3 Å². The molecule has 0 aliphatic rings. The van der Waals surface area contributed by atoms with Crippen molar-refractivity contribution in [1.29, 1.82) is 0 Å². The number of hydrogen-bond acceptors (Lipinski definition) is 4. The second-order valence-corrected chi connectivity index (χ2v) is 10.1. The molecule has 0 radical (unpaired) electrons. The van der Waals surface area contributed by atoms with E-state index in [0.29, 0.717) is 32.5 Å². The van der Waals surface area contributed by atoms with E-state index >= 15 is 0 Å². The lowest BCUT2D eigenvalue weighted by atomic mass is 10.1. The Morgan fingerprint density at radius 2 is 1.49 bits per heavy atom. The molecule has 0 fully saturated rings. The molecule has 0 saturated heterocycles. The van der Waals surface area contributed by atoms with Gasteiger partial charge in [-0.3, -0.25) is 14.4 Å². The molecule has 0 heterocycles. The van der Waals surface area contributed by atoms with Crippen LogP contribution < -0.4 is 16.0 Å². The number of amides is 3. The first-order valence-corrected chi connectivity index (χ1v) is 13.5. The van der Waals surface area contributed by atoms with Gasteiger partial charge in [0.1, 0.15) is 5.70 Å². The van der Waals surface area contributed by atoms with Gasteiger partial charge in [0.15, 0.2) is 0 Å². The quantitative estimate of drug-likeness (QED) is 0.146. The fourth-order valence-corrected chi connectivity index (χ4v) is 4.52. The molecule has 0 saturated carbocycles. The molecule has 0 aromatic heterocycles. The summed E-state index contributed by atoms with van der Waals surface area (Å²) < 4.78 is 0. The molecule has 3 amide bonds. The summed E-state index contributed by atoms with van der Waals surface area (Å²) in [6, 6.07) is 29.6. The molecule has 3 N–H and O–H groups in total. The molecule has 6 nitrogen and oxygen atoms in total. The third kappa shape index (κ3) is 8.48. The smallest absolute Gasteiger partial charge is 0.272 e. The molecule has 196 valence electrons. The minimum atomic E-state index is -0.501. The minimum Gasteiger partial charge on any atom is -0.324 e. The molecule has 39 heavy (non-hydrogen) atoms. The number of para-hydroxylation sites is 1. The fourth-order valence-electron chi connectivity index (χ4n) is 3.44. The lowest BCUT2D eigenvalue weighted by molar-refractivity contribution is -0.114. The third-order valence-corrected chi connectivity index (χ3v) is 6.90. The van der Waals surface area contributed by atoms with Crippen LogP contribution in [0.5, 0.6) is 0 Å². The van der Waals surface area contributed by atoms with Gasteiger partial charge in [-0.25, -0.2) is 0 Å². The summed E-state index contributed by atoms with van der Waals surface area (Å²) in [6.45, 7) is 0. The monoisotopic (exact) mass is 575 g/mol. The molecule has 0 unspecified atom stereocenters. The normalized spacial score (nSPS) is 11.0. The van der Waals surface area contributed by atoms with Crippen LogP contribution in [0, 0.1) is 0 Å². The summed E-state index contributed by atoms with van der Waals surface area (Å²) >= 11 is 13.5. The maximum atomic E-state index is 13.2. The van der Waals surface area contributed by atoms with Crippen LogP contribution >= 0.6 is 35.0 Å². The summed E-state index contributed by atoms with van der Waals surface area (Å²) in [4.78, 5) is 39.1. The Morgan fingerprint density at radius 1 is 0.769 bits per heavy atom. The fraction of sp³-hybridized carbons (Fsp3) is 0.0333. The number of benzene rings is 4. The zero-order valence-corrected chi connectivity index (χ0v) is 22.8. The van der Waals surface area contributed by atoms with Crippen LogP contribution in [0.3, 0.4) is 0 Å². The van der Waals surface area contributed by atoms with Crippen molar-refractivity contribution < 1.29 is 14.4 Å². The molecular formula is C30H23Cl2N3O3S. The predicted molar refractivity (Wildman–Crippen MR) is 159 cm³/mol. The largest absolute Gasteiger partial charge is 0.324 e. The summed E-state index contributed by atoms with van der Waals surface area (Å²) in [5, 5.41) is 9.27. The molecule has 0 aliphatic heterocycles. The highest BCUT2D eigenvalue weighted by atomic mass is 35.5. The zero-order chi connectivity index (χ0) is 27.6. The molecule has 4 rings (SSSR count). The Kier molecular flexibility index (Phi) is 9.80. The van der Waals surface area contributed by atoms with Crippen molar-refractivity contribution in [1.82, 2.24) is 5.32 Å². The van der Waals surface area contributed by atoms with Gasteiger partial charge in [-0.05, 0) is 72.3 Å². The first-order chi connectivity index (χ1) is 18.9. The maximum absolute atomic E-state index is 13.2. The highest BCUT2D eigenvalue weighted by molar-refractivity contribution is 8.00. The lowest BCUT2D eigenvalue weighted by Gasteiger charge is -2.12. The standard InChI is InChI=1S/C30H23Cl2N3O3S/c31-22-10-6-7-20(17-22)18-27(35-29(37)21-8-2-1-3-9-21)30(38)33-23-13-15-24(16-14-23)39-19-28(36)34-26-12-5-4-11-25(26)32/h1-18H,19H2,(H,33,38)(H,34,36)(H,35,37)/b27-18-. The van der Waals surface area contributed by atoms with Gasteiger partial charge in [-0.1, -0.05) is 65.7 Å². The van der Waals surface area contributed by atoms with Gasteiger partial charge in [0.25, 0.3) is 11.8 Å². The van der Waals surface area contributed by atoms with Crippen molar-refractivity contribution in [2.24, 2.45) is 0 Å². The number of anilines is 2. The van der Waals surface area contributed by atoms with E-state index in [1.807, 2.05) is 0 Å². The van der Waals surface area contributed by atoms with Crippen LogP contribution in [0.25, 0.3) is 6.08 Å². The molecular weight excluding hydrogens is 553 g/mol. The number of carbonyl (C=O) groups is 3. The van der Waals surface area contributed by atoms with Crippen LogP contribution in [0.2, 0.25) is 10.0 Å². The van der Waals surface area contributed by atoms with Gasteiger partial charge in [0.2, 0.25) is 5.91 Å². The molecule has 0 aliphatic carbocycles. The molecule has 4 aromatic carbocycles. The van der Waals surface area contributed by atoms with Crippen LogP contribution in [0.1, 0.15) is 15.9 Å². The highest BCUT2D eigenvalue weighted by Crippen LogP contribution is 2.23. The van der Waals surface area contributed by atoms with Crippen molar-refractivity contribution in [2.75, 3.05) is 16.4 Å². The van der Waals surface area contributed by atoms with Crippen LogP contribution in [0.4, 0.5) is 11.4 Å². The Hall–Kier alpha value is -4.04. The average molecular weight is 577 g/mol. The third-order valence-electron chi connectivity index (χ3n) is 5.32. The lowest BCUT2D eigenvalue weighted by Crippen LogP contribution is -2.30. The number of thioether (sulfide) groups is 1. The average Bonchev–Trinajstić information content (AvgIpc) is 2.94. The van der Waals surface area contributed by atoms with E-state index in [9.17, 15) is 14.4 Å². The van der Waals surface area contributed by atoms with Crippen molar-refractivity contribution in [3.05, 3.63) is 130 Å². The van der Waals surface area contributed by atoms with E-state index in [-0.39, 0.29) is 17.4 Å². The SMILES string of the molecule is O=C(CSc1ccc(NC(=O)/C(=C/c2cccc(Cl)c2)NC(=O)c2ccccc2)cc1)Nc1ccccc1Cl. The van der Waals surface area contributed by atoms with Crippen LogP contribution in [0.15, 0.2) is 114 Å². The van der Waals surface area contributed by atoms with E-state index in [1.165, 1.54) is 11.8 Å². The molecule has 0 bridgehead atoms. The second kappa shape index (κ2) is 13.7. The summed E-state index contributed by atoms with van der Waals surface area (Å²) in [6.07, 6.45) is 1.56. The number of carbonyl (C=O) groups excluding carboxylic acids is 3. The van der Waals surface area contributed by atoms with Gasteiger partial charge in [0, 0.05) is 21.2 Å². The van der Waals surface area contributed by atoms with Crippen LogP contribution in [-0.2, 0) is 9.59 Å². The minimum absolute atomic E-state index is 0.0563. The Morgan fingerprint density at radius 3 is 2.21 bits per heavy atom. The summed E-state index contributed by atoms with van der Waals surface area (Å²) in [5.74, 6) is -0.912. The van der Waals surface area contributed by atoms with E-state index < -0.39 is 11.8 Å². The second-order valence-electron chi connectivity index (χ2n) is 8.23. The molecule has 0 atom stereocenters. The summed E-state index contributed by atoms with van der Waals surface area (Å²) in [5.41, 5.74) is 2.21. The number of nitrogens with one attached hydrogen (secondary N) is 3. The van der Waals surface area contributed by atoms with E-state index in [0.717, 1.165) is 4.90 Å². The summed E-state index contributed by atoms with van der Waals surface area (Å²) in [7, 11) is 0. The number of rotatable bonds is 9. The van der Waals surface area contributed by atoms with Crippen molar-refractivity contribution >= 4 is 70.1 Å². The van der Waals surface area contributed by atoms with Gasteiger partial charge in [0.05, 0.1) is 16.5 Å². The van der Waals surface area contributed by atoms with E-state index in [2.05, 4.69) is 16.0 Å². The van der Waals surface area contributed by atoms with Crippen molar-refractivity contribution in [3.63, 3.8) is 0 Å². The Labute approximate surface area is 240 Å². The van der Waals surface area contributed by atoms with Gasteiger partial charge < -0.3 is 16.0 Å². The van der Waals surface area contributed by atoms with E-state index in [1.54, 1.807) is 109 Å². The maximum Gasteiger partial charge on any atom is 0.272 e. The highest BCUT2D eigenvalue weighted by Gasteiger charge is 2.15. The van der Waals surface area contributed by atoms with Crippen molar-refractivity contribution in [3.8, 4) is 0 Å². The van der Waals surface area contributed by atoms with E-state index in [4.69, 9.17) is 23.2 Å². The van der Waals surface area contributed by atoms with Gasteiger partial charge in [-0.15, -0.1) is 11.8 Å².